The summed E-state index contributed by atoms with van der Waals surface area (Å²) in [6.07, 6.45) is -2.71. The Morgan fingerprint density at radius 2 is 1.86 bits per heavy atom. The largest absolute Gasteiger partial charge is 0.420 e. The van der Waals surface area contributed by atoms with Crippen LogP contribution in [0.4, 0.5) is 17.6 Å². The Bertz CT molecular complexity index is 681. The number of nitrogens with one attached hydrogen (secondary N) is 2. The molecule has 3 nitrogen and oxygen atoms in total. The summed E-state index contributed by atoms with van der Waals surface area (Å²) < 4.78 is 52.0. The lowest BCUT2D eigenvalue weighted by atomic mass is 10.1. The van der Waals surface area contributed by atoms with Gasteiger partial charge in [-0.1, -0.05) is 0 Å². The predicted octanol–water partition coefficient (Wildman–Crippen LogP) is 3.87. The molecule has 0 saturated carbocycles. The summed E-state index contributed by atoms with van der Waals surface area (Å²) in [5, 5.41) is 7.73. The van der Waals surface area contributed by atoms with Gasteiger partial charge in [-0.15, -0.1) is 0 Å². The average molecular weight is 297 g/mol. The zero-order chi connectivity index (χ0) is 15.6. The van der Waals surface area contributed by atoms with Crippen LogP contribution in [0.3, 0.4) is 0 Å². The van der Waals surface area contributed by atoms with Gasteiger partial charge >= 0.3 is 6.18 Å². The molecular formula is C14H11F4N3. The molecule has 0 spiro atoms. The molecule has 2 rings (SSSR count). The van der Waals surface area contributed by atoms with Gasteiger partial charge in [-0.05, 0) is 42.8 Å². The van der Waals surface area contributed by atoms with Crippen LogP contribution >= 0.6 is 0 Å². The molecule has 7 heteroatoms. The molecule has 2 aromatic rings. The maximum atomic E-state index is 13.1. The third kappa shape index (κ3) is 3.56. The van der Waals surface area contributed by atoms with Gasteiger partial charge < -0.3 is 10.4 Å². The van der Waals surface area contributed by atoms with Crippen molar-refractivity contribution in [3.8, 4) is 0 Å². The highest BCUT2D eigenvalue weighted by molar-refractivity contribution is 6.10. The van der Waals surface area contributed by atoms with Crippen LogP contribution in [-0.4, -0.2) is 21.9 Å². The van der Waals surface area contributed by atoms with Gasteiger partial charge in [-0.25, -0.2) is 9.37 Å². The fourth-order valence-corrected chi connectivity index (χ4v) is 1.69. The van der Waals surface area contributed by atoms with E-state index in [2.05, 4.69) is 9.97 Å². The van der Waals surface area contributed by atoms with Crippen LogP contribution in [0, 0.1) is 18.2 Å². The molecule has 21 heavy (non-hydrogen) atoms. The van der Waals surface area contributed by atoms with Crippen molar-refractivity contribution in [3.63, 3.8) is 0 Å². The summed E-state index contributed by atoms with van der Waals surface area (Å²) in [7, 11) is 0. The molecule has 0 saturated heterocycles. The SMILES string of the molecule is Cc1cnc(/C(=C\C(=N)c2ccc(F)cc2)C(F)(F)F)[nH]1. The molecule has 0 fully saturated rings. The standard InChI is InChI=1S/C14H11F4N3/c1-8-7-20-13(21-8)11(14(16,17)18)6-12(19)9-2-4-10(15)5-3-9/h2-7,19H,1H3,(H,20,21)/b11-6+,19-12?. The molecule has 0 atom stereocenters. The second-order valence-corrected chi connectivity index (χ2v) is 4.39. The number of rotatable bonds is 3. The first-order chi connectivity index (χ1) is 9.77. The lowest BCUT2D eigenvalue weighted by molar-refractivity contribution is -0.0692. The smallest absolute Gasteiger partial charge is 0.342 e. The van der Waals surface area contributed by atoms with Crippen molar-refractivity contribution in [1.82, 2.24) is 9.97 Å². The van der Waals surface area contributed by atoms with Gasteiger partial charge in [0.05, 0.1) is 5.71 Å². The van der Waals surface area contributed by atoms with Gasteiger partial charge in [0, 0.05) is 11.9 Å². The van der Waals surface area contributed by atoms with E-state index in [-0.39, 0.29) is 17.1 Å². The van der Waals surface area contributed by atoms with Crippen LogP contribution in [0.2, 0.25) is 0 Å². The first-order valence-electron chi connectivity index (χ1n) is 5.93. The van der Waals surface area contributed by atoms with Crippen LogP contribution in [-0.2, 0) is 0 Å². The molecule has 1 aromatic heterocycles. The Morgan fingerprint density at radius 1 is 1.24 bits per heavy atom. The van der Waals surface area contributed by atoms with Crippen molar-refractivity contribution in [2.75, 3.05) is 0 Å². The molecular weight excluding hydrogens is 286 g/mol. The summed E-state index contributed by atoms with van der Waals surface area (Å²) in [5.41, 5.74) is -0.767. The second-order valence-electron chi connectivity index (χ2n) is 4.39. The minimum absolute atomic E-state index is 0.182. The van der Waals surface area contributed by atoms with E-state index >= 15 is 0 Å². The van der Waals surface area contributed by atoms with E-state index in [9.17, 15) is 17.6 Å². The van der Waals surface area contributed by atoms with E-state index in [0.717, 1.165) is 12.1 Å². The van der Waals surface area contributed by atoms with Crippen molar-refractivity contribution in [1.29, 1.82) is 5.41 Å². The Morgan fingerprint density at radius 3 is 2.33 bits per heavy atom. The minimum atomic E-state index is -4.66. The fraction of sp³-hybridized carbons (Fsp3) is 0.143. The van der Waals surface area contributed by atoms with E-state index in [4.69, 9.17) is 5.41 Å². The van der Waals surface area contributed by atoms with E-state index in [1.807, 2.05) is 0 Å². The third-order valence-corrected chi connectivity index (χ3v) is 2.71. The summed E-state index contributed by atoms with van der Waals surface area (Å²) in [6.45, 7) is 1.58. The summed E-state index contributed by atoms with van der Waals surface area (Å²) in [6, 6.07) is 4.66. The number of benzene rings is 1. The average Bonchev–Trinajstić information content (AvgIpc) is 2.81. The highest BCUT2D eigenvalue weighted by Crippen LogP contribution is 2.32. The zero-order valence-corrected chi connectivity index (χ0v) is 10.9. The zero-order valence-electron chi connectivity index (χ0n) is 10.9. The van der Waals surface area contributed by atoms with E-state index in [1.54, 1.807) is 6.92 Å². The van der Waals surface area contributed by atoms with E-state index in [0.29, 0.717) is 11.8 Å². The summed E-state index contributed by atoms with van der Waals surface area (Å²) >= 11 is 0. The number of allylic oxidation sites excluding steroid dienone is 2. The molecule has 1 heterocycles. The molecule has 0 aliphatic carbocycles. The topological polar surface area (TPSA) is 52.5 Å². The Balaban J connectivity index is 2.41. The van der Waals surface area contributed by atoms with Crippen LogP contribution < -0.4 is 0 Å². The van der Waals surface area contributed by atoms with Gasteiger partial charge in [0.25, 0.3) is 0 Å². The molecule has 0 unspecified atom stereocenters. The number of nitrogens with zero attached hydrogens (tertiary/aromatic N) is 1. The maximum absolute atomic E-state index is 13.1. The molecule has 0 aliphatic rings. The van der Waals surface area contributed by atoms with Gasteiger partial charge in [-0.2, -0.15) is 13.2 Å². The number of hydrogen-bond donors (Lipinski definition) is 2. The number of imidazole rings is 1. The number of aromatic nitrogens is 2. The molecule has 2 N–H and O–H groups in total. The van der Waals surface area contributed by atoms with Crippen molar-refractivity contribution < 1.29 is 17.6 Å². The molecule has 0 aliphatic heterocycles. The van der Waals surface area contributed by atoms with Crippen molar-refractivity contribution in [3.05, 3.63) is 59.4 Å². The molecule has 110 valence electrons. The van der Waals surface area contributed by atoms with Gasteiger partial charge in [0.15, 0.2) is 0 Å². The van der Waals surface area contributed by atoms with Crippen LogP contribution in [0.1, 0.15) is 17.1 Å². The fourth-order valence-electron chi connectivity index (χ4n) is 1.69. The molecule has 0 bridgehead atoms. The minimum Gasteiger partial charge on any atom is -0.342 e. The predicted molar refractivity (Wildman–Crippen MR) is 70.6 cm³/mol. The Labute approximate surface area is 117 Å². The monoisotopic (exact) mass is 297 g/mol. The maximum Gasteiger partial charge on any atom is 0.420 e. The quantitative estimate of drug-likeness (QED) is 0.656. The second kappa shape index (κ2) is 5.51. The van der Waals surface area contributed by atoms with Crippen molar-refractivity contribution in [2.24, 2.45) is 0 Å². The first-order valence-corrected chi connectivity index (χ1v) is 5.93. The Kier molecular flexibility index (Phi) is 3.93. The molecule has 0 amide bonds. The number of H-pyrrole nitrogens is 1. The number of aromatic amines is 1. The van der Waals surface area contributed by atoms with E-state index < -0.39 is 17.6 Å². The highest BCUT2D eigenvalue weighted by atomic mass is 19.4. The van der Waals surface area contributed by atoms with Crippen LogP contribution in [0.25, 0.3) is 5.57 Å². The van der Waals surface area contributed by atoms with Gasteiger partial charge in [-0.3, -0.25) is 0 Å². The molecule has 1 aromatic carbocycles. The lowest BCUT2D eigenvalue weighted by Crippen LogP contribution is -2.14. The molecule has 0 radical (unpaired) electrons. The van der Waals surface area contributed by atoms with Crippen LogP contribution in [0.5, 0.6) is 0 Å². The van der Waals surface area contributed by atoms with Crippen molar-refractivity contribution in [2.45, 2.75) is 13.1 Å². The Hall–Kier alpha value is -2.44. The van der Waals surface area contributed by atoms with Crippen LogP contribution in [0.15, 0.2) is 36.5 Å². The van der Waals surface area contributed by atoms with E-state index in [1.165, 1.54) is 18.3 Å². The lowest BCUT2D eigenvalue weighted by Gasteiger charge is -2.10. The number of alkyl halides is 3. The normalized spacial score (nSPS) is 12.5. The first kappa shape index (κ1) is 15.0. The van der Waals surface area contributed by atoms with Gasteiger partial charge in [0.2, 0.25) is 0 Å². The number of hydrogen-bond acceptors (Lipinski definition) is 2. The number of aryl methyl sites for hydroxylation is 1. The number of halogens is 4. The third-order valence-electron chi connectivity index (χ3n) is 2.71. The summed E-state index contributed by atoms with van der Waals surface area (Å²) in [4.78, 5) is 6.14. The van der Waals surface area contributed by atoms with Gasteiger partial charge in [0.1, 0.15) is 17.2 Å². The summed E-state index contributed by atoms with van der Waals surface area (Å²) in [5.74, 6) is -0.875. The van der Waals surface area contributed by atoms with Crippen molar-refractivity contribution >= 4 is 11.3 Å². The highest BCUT2D eigenvalue weighted by Gasteiger charge is 2.36.